The number of aliphatic carboxylic acids is 1. The highest BCUT2D eigenvalue weighted by molar-refractivity contribution is 5.84. The standard InChI is InChI=1S/C15H22N2O3.C2HF3O2/c1-15(2,3)17-12(9-13(16)18)14(19)20-10-11-7-5-4-6-8-11;3-2(4,5)1(6)7/h4-8,12,17H,9-10H2,1-3H3,(H2,16,18);(H,6,7)/t12-;/m0./s1. The number of ether oxygens (including phenoxy) is 1. The van der Waals surface area contributed by atoms with Crippen LogP contribution in [0.2, 0.25) is 0 Å². The summed E-state index contributed by atoms with van der Waals surface area (Å²) in [5.74, 6) is -3.77. The van der Waals surface area contributed by atoms with E-state index in [0.717, 1.165) is 5.56 Å². The number of nitrogens with one attached hydrogen (secondary N) is 1. The van der Waals surface area contributed by atoms with Gasteiger partial charge >= 0.3 is 18.1 Å². The molecule has 0 saturated heterocycles. The molecule has 0 radical (unpaired) electrons. The first-order valence-corrected chi connectivity index (χ1v) is 7.79. The van der Waals surface area contributed by atoms with Crippen LogP contribution in [-0.4, -0.2) is 40.7 Å². The second-order valence-corrected chi connectivity index (χ2v) is 6.51. The summed E-state index contributed by atoms with van der Waals surface area (Å²) in [6.07, 6.45) is -5.16. The first kappa shape index (κ1) is 24.4. The largest absolute Gasteiger partial charge is 0.490 e. The third-order valence-corrected chi connectivity index (χ3v) is 2.76. The average Bonchev–Trinajstić information content (AvgIpc) is 2.51. The van der Waals surface area contributed by atoms with Crippen LogP contribution in [0, 0.1) is 0 Å². The van der Waals surface area contributed by atoms with Crippen molar-refractivity contribution in [3.63, 3.8) is 0 Å². The summed E-state index contributed by atoms with van der Waals surface area (Å²) in [4.78, 5) is 32.0. The van der Waals surface area contributed by atoms with Crippen molar-refractivity contribution in [2.75, 3.05) is 0 Å². The fraction of sp³-hybridized carbons (Fsp3) is 0.471. The molecular weight excluding hydrogens is 369 g/mol. The highest BCUT2D eigenvalue weighted by Gasteiger charge is 2.38. The zero-order valence-corrected chi connectivity index (χ0v) is 15.2. The summed E-state index contributed by atoms with van der Waals surface area (Å²) in [5, 5.41) is 10.2. The van der Waals surface area contributed by atoms with E-state index < -0.39 is 30.1 Å². The summed E-state index contributed by atoms with van der Waals surface area (Å²) in [5.41, 5.74) is 5.75. The lowest BCUT2D eigenvalue weighted by molar-refractivity contribution is -0.192. The number of carboxylic acid groups (broad SMARTS) is 1. The number of hydrogen-bond acceptors (Lipinski definition) is 5. The molecule has 0 aliphatic carbocycles. The molecule has 0 aromatic heterocycles. The number of amides is 1. The maximum absolute atomic E-state index is 12.0. The number of benzene rings is 1. The zero-order valence-electron chi connectivity index (χ0n) is 15.2. The Morgan fingerprint density at radius 1 is 1.15 bits per heavy atom. The van der Waals surface area contributed by atoms with E-state index in [-0.39, 0.29) is 18.6 Å². The van der Waals surface area contributed by atoms with Gasteiger partial charge in [0.2, 0.25) is 5.91 Å². The summed E-state index contributed by atoms with van der Waals surface area (Å²) < 4.78 is 37.0. The van der Waals surface area contributed by atoms with Crippen molar-refractivity contribution >= 4 is 17.8 Å². The van der Waals surface area contributed by atoms with Gasteiger partial charge in [0, 0.05) is 5.54 Å². The van der Waals surface area contributed by atoms with E-state index in [1.807, 2.05) is 51.1 Å². The van der Waals surface area contributed by atoms with E-state index in [1.165, 1.54) is 0 Å². The molecule has 0 unspecified atom stereocenters. The van der Waals surface area contributed by atoms with E-state index >= 15 is 0 Å². The highest BCUT2D eigenvalue weighted by Crippen LogP contribution is 2.13. The van der Waals surface area contributed by atoms with Gasteiger partial charge in [-0.2, -0.15) is 13.2 Å². The van der Waals surface area contributed by atoms with Crippen molar-refractivity contribution in [3.8, 4) is 0 Å². The van der Waals surface area contributed by atoms with E-state index in [0.29, 0.717) is 0 Å². The number of primary amides is 1. The molecule has 152 valence electrons. The molecule has 1 atom stereocenters. The van der Waals surface area contributed by atoms with Crippen LogP contribution in [0.1, 0.15) is 32.8 Å². The van der Waals surface area contributed by atoms with Gasteiger partial charge in [0.05, 0.1) is 6.42 Å². The monoisotopic (exact) mass is 392 g/mol. The third kappa shape index (κ3) is 12.4. The molecule has 1 amide bonds. The molecule has 7 nitrogen and oxygen atoms in total. The van der Waals surface area contributed by atoms with Crippen LogP contribution in [0.15, 0.2) is 30.3 Å². The number of halogens is 3. The normalized spacial score (nSPS) is 12.4. The quantitative estimate of drug-likeness (QED) is 0.637. The second-order valence-electron chi connectivity index (χ2n) is 6.51. The smallest absolute Gasteiger partial charge is 0.475 e. The van der Waals surface area contributed by atoms with Crippen LogP contribution in [0.4, 0.5) is 13.2 Å². The van der Waals surface area contributed by atoms with Crippen LogP contribution in [0.5, 0.6) is 0 Å². The number of nitrogens with two attached hydrogens (primary N) is 1. The molecule has 4 N–H and O–H groups in total. The van der Waals surface area contributed by atoms with Gasteiger partial charge in [-0.15, -0.1) is 0 Å². The number of carbonyl (C=O) groups excluding carboxylic acids is 2. The summed E-state index contributed by atoms with van der Waals surface area (Å²) in [6, 6.07) is 8.65. The number of carbonyl (C=O) groups is 3. The Morgan fingerprint density at radius 2 is 1.63 bits per heavy atom. The Morgan fingerprint density at radius 3 is 2.00 bits per heavy atom. The predicted molar refractivity (Wildman–Crippen MR) is 90.4 cm³/mol. The number of rotatable bonds is 6. The fourth-order valence-corrected chi connectivity index (χ4v) is 1.75. The van der Waals surface area contributed by atoms with Gasteiger partial charge in [-0.1, -0.05) is 30.3 Å². The molecule has 0 bridgehead atoms. The van der Waals surface area contributed by atoms with Gasteiger partial charge in [0.15, 0.2) is 0 Å². The molecule has 0 aliphatic heterocycles. The van der Waals surface area contributed by atoms with Gasteiger partial charge in [0.1, 0.15) is 12.6 Å². The van der Waals surface area contributed by atoms with Gasteiger partial charge in [0.25, 0.3) is 0 Å². The van der Waals surface area contributed by atoms with Gasteiger partial charge in [-0.05, 0) is 26.3 Å². The number of hydrogen-bond donors (Lipinski definition) is 3. The summed E-state index contributed by atoms with van der Waals surface area (Å²) >= 11 is 0. The first-order chi connectivity index (χ1) is 12.2. The number of esters is 1. The maximum Gasteiger partial charge on any atom is 0.490 e. The van der Waals surface area contributed by atoms with Crippen LogP contribution >= 0.6 is 0 Å². The molecule has 10 heteroatoms. The highest BCUT2D eigenvalue weighted by atomic mass is 19.4. The first-order valence-electron chi connectivity index (χ1n) is 7.79. The van der Waals surface area contributed by atoms with Gasteiger partial charge in [-0.25, -0.2) is 4.79 Å². The number of alkyl halides is 3. The van der Waals surface area contributed by atoms with Gasteiger partial charge in [-0.3, -0.25) is 14.9 Å². The van der Waals surface area contributed by atoms with E-state index in [1.54, 1.807) is 0 Å². The average molecular weight is 392 g/mol. The number of carboxylic acids is 1. The fourth-order valence-electron chi connectivity index (χ4n) is 1.75. The minimum Gasteiger partial charge on any atom is -0.475 e. The zero-order chi connectivity index (χ0) is 21.3. The molecule has 0 spiro atoms. The van der Waals surface area contributed by atoms with Crippen molar-refractivity contribution < 1.29 is 37.4 Å². The summed E-state index contributed by atoms with van der Waals surface area (Å²) in [6.45, 7) is 5.91. The predicted octanol–water partition coefficient (Wildman–Crippen LogP) is 2.00. The van der Waals surface area contributed by atoms with Crippen molar-refractivity contribution in [2.45, 2.75) is 51.6 Å². The Labute approximate surface area is 154 Å². The maximum atomic E-state index is 12.0. The molecule has 0 heterocycles. The van der Waals surface area contributed by atoms with Crippen molar-refractivity contribution in [3.05, 3.63) is 35.9 Å². The minimum atomic E-state index is -5.08. The lowest BCUT2D eigenvalue weighted by Crippen LogP contribution is -2.49. The molecule has 27 heavy (non-hydrogen) atoms. The van der Waals surface area contributed by atoms with E-state index in [9.17, 15) is 22.8 Å². The van der Waals surface area contributed by atoms with E-state index in [2.05, 4.69) is 5.32 Å². The van der Waals surface area contributed by atoms with Crippen LogP contribution in [0.25, 0.3) is 0 Å². The lowest BCUT2D eigenvalue weighted by atomic mass is 10.1. The topological polar surface area (TPSA) is 119 Å². The Kier molecular flexibility index (Phi) is 9.49. The Hall–Kier alpha value is -2.62. The van der Waals surface area contributed by atoms with Gasteiger partial charge < -0.3 is 15.6 Å². The molecule has 0 fully saturated rings. The van der Waals surface area contributed by atoms with Crippen molar-refractivity contribution in [1.82, 2.24) is 5.32 Å². The molecule has 1 rings (SSSR count). The second kappa shape index (κ2) is 10.5. The molecule has 1 aromatic rings. The van der Waals surface area contributed by atoms with Crippen LogP contribution in [0.3, 0.4) is 0 Å². The SMILES string of the molecule is CC(C)(C)N[C@@H](CC(N)=O)C(=O)OCc1ccccc1.O=C(O)C(F)(F)F. The van der Waals surface area contributed by atoms with Crippen molar-refractivity contribution in [1.29, 1.82) is 0 Å². The molecule has 0 saturated carbocycles. The van der Waals surface area contributed by atoms with Crippen LogP contribution < -0.4 is 11.1 Å². The molecular formula is C17H23F3N2O5. The lowest BCUT2D eigenvalue weighted by Gasteiger charge is -2.26. The summed E-state index contributed by atoms with van der Waals surface area (Å²) in [7, 11) is 0. The van der Waals surface area contributed by atoms with Crippen LogP contribution in [-0.2, 0) is 25.7 Å². The van der Waals surface area contributed by atoms with E-state index in [4.69, 9.17) is 20.4 Å². The Bertz CT molecular complexity index is 628. The Balaban J connectivity index is 0.000000821. The minimum absolute atomic E-state index is 0.0785. The molecule has 1 aromatic carbocycles. The van der Waals surface area contributed by atoms with Crippen molar-refractivity contribution in [2.24, 2.45) is 5.73 Å². The third-order valence-electron chi connectivity index (χ3n) is 2.76. The molecule has 0 aliphatic rings.